The number of oxazole rings is 1. The molecule has 76 valence electrons. The van der Waals surface area contributed by atoms with E-state index in [1.807, 2.05) is 0 Å². The molecular formula is C10H14N2O2. The SMILES string of the molecule is CC(=O)c1cnc(C2CCN(C)C2)o1. The number of Topliss-reactive ketones (excluding diaryl/α,β-unsaturated/α-hetero) is 1. The minimum absolute atomic E-state index is 0.0601. The van der Waals surface area contributed by atoms with E-state index in [2.05, 4.69) is 16.9 Å². The maximum atomic E-state index is 11.0. The molecule has 1 unspecified atom stereocenters. The Hall–Kier alpha value is -1.16. The van der Waals surface area contributed by atoms with E-state index in [1.165, 1.54) is 13.1 Å². The van der Waals surface area contributed by atoms with Crippen LogP contribution in [0.25, 0.3) is 0 Å². The molecule has 1 saturated heterocycles. The van der Waals surface area contributed by atoms with Crippen LogP contribution in [0.15, 0.2) is 10.6 Å². The van der Waals surface area contributed by atoms with Crippen LogP contribution in [0.2, 0.25) is 0 Å². The molecular weight excluding hydrogens is 180 g/mol. The van der Waals surface area contributed by atoms with Crippen LogP contribution < -0.4 is 0 Å². The summed E-state index contributed by atoms with van der Waals surface area (Å²) >= 11 is 0. The predicted molar refractivity (Wildman–Crippen MR) is 51.4 cm³/mol. The summed E-state index contributed by atoms with van der Waals surface area (Å²) in [4.78, 5) is 17.4. The lowest BCUT2D eigenvalue weighted by Gasteiger charge is -2.05. The zero-order valence-electron chi connectivity index (χ0n) is 8.49. The van der Waals surface area contributed by atoms with Gasteiger partial charge in [0.25, 0.3) is 0 Å². The van der Waals surface area contributed by atoms with E-state index in [1.54, 1.807) is 0 Å². The molecule has 0 spiro atoms. The molecule has 0 N–H and O–H groups in total. The number of likely N-dealkylation sites (N-methyl/N-ethyl adjacent to an activating group) is 1. The third-order valence-corrected chi connectivity index (χ3v) is 2.61. The van der Waals surface area contributed by atoms with Crippen molar-refractivity contribution in [1.82, 2.24) is 9.88 Å². The highest BCUT2D eigenvalue weighted by molar-refractivity contribution is 5.90. The van der Waals surface area contributed by atoms with Crippen LogP contribution in [0, 0.1) is 0 Å². The fourth-order valence-electron chi connectivity index (χ4n) is 1.78. The first-order valence-electron chi connectivity index (χ1n) is 4.82. The number of carbonyl (C=O) groups is 1. The molecule has 1 atom stereocenters. The van der Waals surface area contributed by atoms with Gasteiger partial charge in [-0.15, -0.1) is 0 Å². The molecule has 1 aromatic heterocycles. The van der Waals surface area contributed by atoms with Gasteiger partial charge in [0, 0.05) is 19.4 Å². The number of aromatic nitrogens is 1. The molecule has 0 amide bonds. The Morgan fingerprint density at radius 2 is 2.50 bits per heavy atom. The summed E-state index contributed by atoms with van der Waals surface area (Å²) in [5, 5.41) is 0. The normalized spacial score (nSPS) is 22.9. The van der Waals surface area contributed by atoms with Gasteiger partial charge >= 0.3 is 0 Å². The zero-order chi connectivity index (χ0) is 10.1. The summed E-state index contributed by atoms with van der Waals surface area (Å²) in [7, 11) is 2.08. The average Bonchev–Trinajstić information content (AvgIpc) is 2.70. The van der Waals surface area contributed by atoms with Crippen molar-refractivity contribution < 1.29 is 9.21 Å². The Morgan fingerprint density at radius 3 is 3.00 bits per heavy atom. The number of nitrogens with zero attached hydrogens (tertiary/aromatic N) is 2. The number of hydrogen-bond donors (Lipinski definition) is 0. The lowest BCUT2D eigenvalue weighted by Crippen LogP contribution is -2.13. The van der Waals surface area contributed by atoms with Crippen LogP contribution in [-0.4, -0.2) is 35.8 Å². The Bertz CT molecular complexity index is 346. The fraction of sp³-hybridized carbons (Fsp3) is 0.600. The number of rotatable bonds is 2. The Balaban J connectivity index is 2.13. The van der Waals surface area contributed by atoms with E-state index >= 15 is 0 Å². The van der Waals surface area contributed by atoms with Crippen LogP contribution in [0.1, 0.15) is 35.7 Å². The van der Waals surface area contributed by atoms with Crippen LogP contribution >= 0.6 is 0 Å². The molecule has 0 saturated carbocycles. The van der Waals surface area contributed by atoms with Gasteiger partial charge in [-0.1, -0.05) is 0 Å². The lowest BCUT2D eigenvalue weighted by atomic mass is 10.1. The lowest BCUT2D eigenvalue weighted by molar-refractivity contribution is 0.0985. The minimum atomic E-state index is -0.0601. The van der Waals surface area contributed by atoms with Gasteiger partial charge < -0.3 is 9.32 Å². The summed E-state index contributed by atoms with van der Waals surface area (Å²) in [5.41, 5.74) is 0. The van der Waals surface area contributed by atoms with Crippen LogP contribution in [-0.2, 0) is 0 Å². The number of hydrogen-bond acceptors (Lipinski definition) is 4. The number of likely N-dealkylation sites (tertiary alicyclic amines) is 1. The van der Waals surface area contributed by atoms with Crippen molar-refractivity contribution in [3.8, 4) is 0 Å². The highest BCUT2D eigenvalue weighted by Crippen LogP contribution is 2.25. The van der Waals surface area contributed by atoms with Gasteiger partial charge in [-0.3, -0.25) is 4.79 Å². The molecule has 1 aliphatic heterocycles. The number of ketones is 1. The van der Waals surface area contributed by atoms with Crippen molar-refractivity contribution in [2.75, 3.05) is 20.1 Å². The summed E-state index contributed by atoms with van der Waals surface area (Å²) in [6, 6.07) is 0. The molecule has 0 aromatic carbocycles. The Labute approximate surface area is 82.9 Å². The quantitative estimate of drug-likeness (QED) is 0.666. The van der Waals surface area contributed by atoms with E-state index in [9.17, 15) is 4.79 Å². The molecule has 0 aliphatic carbocycles. The van der Waals surface area contributed by atoms with E-state index < -0.39 is 0 Å². The highest BCUT2D eigenvalue weighted by Gasteiger charge is 2.25. The van der Waals surface area contributed by atoms with Gasteiger partial charge in [-0.05, 0) is 20.0 Å². The van der Waals surface area contributed by atoms with Gasteiger partial charge in [0.15, 0.2) is 17.4 Å². The standard InChI is InChI=1S/C10H14N2O2/c1-7(13)9-5-11-10(14-9)8-3-4-12(2)6-8/h5,8H,3-4,6H2,1-2H3. The van der Waals surface area contributed by atoms with Gasteiger partial charge in [-0.2, -0.15) is 0 Å². The average molecular weight is 194 g/mol. The molecule has 2 rings (SSSR count). The zero-order valence-corrected chi connectivity index (χ0v) is 8.49. The fourth-order valence-corrected chi connectivity index (χ4v) is 1.78. The molecule has 1 aromatic rings. The monoisotopic (exact) mass is 194 g/mol. The van der Waals surface area contributed by atoms with Crippen molar-refractivity contribution in [3.63, 3.8) is 0 Å². The Morgan fingerprint density at radius 1 is 1.71 bits per heavy atom. The van der Waals surface area contributed by atoms with Crippen molar-refractivity contribution in [3.05, 3.63) is 17.8 Å². The maximum Gasteiger partial charge on any atom is 0.199 e. The van der Waals surface area contributed by atoms with Gasteiger partial charge in [0.05, 0.1) is 6.20 Å². The first-order chi connectivity index (χ1) is 6.66. The van der Waals surface area contributed by atoms with Gasteiger partial charge in [-0.25, -0.2) is 4.98 Å². The maximum absolute atomic E-state index is 11.0. The van der Waals surface area contributed by atoms with Gasteiger partial charge in [0.1, 0.15) is 0 Å². The summed E-state index contributed by atoms with van der Waals surface area (Å²) in [6.45, 7) is 3.53. The second kappa shape index (κ2) is 3.53. The van der Waals surface area contributed by atoms with Crippen LogP contribution in [0.3, 0.4) is 0 Å². The van der Waals surface area contributed by atoms with E-state index in [4.69, 9.17) is 4.42 Å². The largest absolute Gasteiger partial charge is 0.437 e. The summed E-state index contributed by atoms with van der Waals surface area (Å²) < 4.78 is 5.39. The molecule has 0 radical (unpaired) electrons. The topological polar surface area (TPSA) is 46.3 Å². The van der Waals surface area contributed by atoms with Crippen LogP contribution in [0.4, 0.5) is 0 Å². The van der Waals surface area contributed by atoms with E-state index in [-0.39, 0.29) is 5.78 Å². The first kappa shape index (κ1) is 9.40. The molecule has 1 fully saturated rings. The van der Waals surface area contributed by atoms with Crippen molar-refractivity contribution in [1.29, 1.82) is 0 Å². The minimum Gasteiger partial charge on any atom is -0.437 e. The highest BCUT2D eigenvalue weighted by atomic mass is 16.4. The second-order valence-corrected chi connectivity index (χ2v) is 3.87. The predicted octanol–water partition coefficient (Wildman–Crippen LogP) is 1.30. The molecule has 14 heavy (non-hydrogen) atoms. The first-order valence-corrected chi connectivity index (χ1v) is 4.82. The van der Waals surface area contributed by atoms with Crippen molar-refractivity contribution >= 4 is 5.78 Å². The smallest absolute Gasteiger partial charge is 0.199 e. The van der Waals surface area contributed by atoms with Crippen molar-refractivity contribution in [2.24, 2.45) is 0 Å². The van der Waals surface area contributed by atoms with Crippen LogP contribution in [0.5, 0.6) is 0 Å². The molecule has 2 heterocycles. The molecule has 4 nitrogen and oxygen atoms in total. The van der Waals surface area contributed by atoms with E-state index in [0.717, 1.165) is 19.5 Å². The molecule has 1 aliphatic rings. The third-order valence-electron chi connectivity index (χ3n) is 2.61. The summed E-state index contributed by atoms with van der Waals surface area (Å²) in [6.07, 6.45) is 2.59. The third kappa shape index (κ3) is 1.70. The molecule has 4 heteroatoms. The second-order valence-electron chi connectivity index (χ2n) is 3.87. The number of carbonyl (C=O) groups excluding carboxylic acids is 1. The summed E-state index contributed by atoms with van der Waals surface area (Å²) in [5.74, 6) is 1.37. The molecule has 0 bridgehead atoms. The van der Waals surface area contributed by atoms with Gasteiger partial charge in [0.2, 0.25) is 0 Å². The van der Waals surface area contributed by atoms with Crippen molar-refractivity contribution in [2.45, 2.75) is 19.3 Å². The van der Waals surface area contributed by atoms with E-state index in [0.29, 0.717) is 17.6 Å². The Kier molecular flexibility index (Phi) is 2.37.